The number of nitrogens with two attached hydrogens (primary N) is 1. The van der Waals surface area contributed by atoms with E-state index in [4.69, 9.17) is 20.3 Å². The normalized spacial score (nSPS) is 21.7. The van der Waals surface area contributed by atoms with Crippen LogP contribution >= 0.6 is 0 Å². The predicted molar refractivity (Wildman–Crippen MR) is 75.2 cm³/mol. The number of nitrogens with one attached hydrogen (secondary N) is 1. The summed E-state index contributed by atoms with van der Waals surface area (Å²) < 4.78 is 11.5. The number of hydrazine groups is 1. The van der Waals surface area contributed by atoms with Crippen molar-refractivity contribution in [2.75, 3.05) is 25.2 Å². The molecule has 6 nitrogen and oxygen atoms in total. The van der Waals surface area contributed by atoms with E-state index in [2.05, 4.69) is 10.4 Å². The number of ether oxygens (including phenoxy) is 2. The van der Waals surface area contributed by atoms with Crippen molar-refractivity contribution in [3.63, 3.8) is 0 Å². The summed E-state index contributed by atoms with van der Waals surface area (Å²) in [6.07, 6.45) is 3.98. The van der Waals surface area contributed by atoms with Crippen LogP contribution in [0.2, 0.25) is 0 Å². The zero-order valence-electron chi connectivity index (χ0n) is 11.9. The first-order valence-corrected chi connectivity index (χ1v) is 7.35. The Labute approximate surface area is 119 Å². The summed E-state index contributed by atoms with van der Waals surface area (Å²) in [4.78, 5) is 9.32. The van der Waals surface area contributed by atoms with Crippen molar-refractivity contribution in [3.8, 4) is 0 Å². The van der Waals surface area contributed by atoms with Crippen LogP contribution in [0.5, 0.6) is 0 Å². The van der Waals surface area contributed by atoms with Gasteiger partial charge in [0.25, 0.3) is 0 Å². The van der Waals surface area contributed by atoms with Gasteiger partial charge in [0, 0.05) is 50.3 Å². The van der Waals surface area contributed by atoms with Gasteiger partial charge in [0.05, 0.1) is 0 Å². The highest BCUT2D eigenvalue weighted by atomic mass is 16.5. The Hall–Kier alpha value is -1.24. The van der Waals surface area contributed by atoms with Crippen molar-refractivity contribution in [2.45, 2.75) is 44.1 Å². The van der Waals surface area contributed by atoms with Gasteiger partial charge in [0.1, 0.15) is 11.4 Å². The van der Waals surface area contributed by atoms with Crippen LogP contribution in [0.4, 0.5) is 5.82 Å². The fourth-order valence-corrected chi connectivity index (χ4v) is 2.74. The molecule has 20 heavy (non-hydrogen) atoms. The molecule has 0 amide bonds. The monoisotopic (exact) mass is 278 g/mol. The maximum absolute atomic E-state index is 6.04. The first-order valence-electron chi connectivity index (χ1n) is 7.35. The van der Waals surface area contributed by atoms with Crippen LogP contribution in [0.25, 0.3) is 0 Å². The van der Waals surface area contributed by atoms with E-state index in [0.29, 0.717) is 31.6 Å². The quantitative estimate of drug-likeness (QED) is 0.630. The lowest BCUT2D eigenvalue weighted by atomic mass is 9.92. The Morgan fingerprint density at radius 3 is 2.75 bits per heavy atom. The number of aromatic nitrogens is 2. The second-order valence-electron chi connectivity index (χ2n) is 5.46. The van der Waals surface area contributed by atoms with Gasteiger partial charge in [-0.05, 0) is 19.8 Å². The molecule has 0 atom stereocenters. The van der Waals surface area contributed by atoms with Crippen LogP contribution < -0.4 is 11.3 Å². The van der Waals surface area contributed by atoms with Crippen molar-refractivity contribution in [2.24, 2.45) is 5.84 Å². The van der Waals surface area contributed by atoms with E-state index in [1.54, 1.807) is 0 Å². The lowest BCUT2D eigenvalue weighted by Gasteiger charge is -2.35. The largest absolute Gasteiger partial charge is 0.381 e. The lowest BCUT2D eigenvalue weighted by molar-refractivity contribution is -0.117. The van der Waals surface area contributed by atoms with Gasteiger partial charge in [-0.3, -0.25) is 0 Å². The molecule has 1 saturated heterocycles. The molecule has 0 unspecified atom stereocenters. The first-order chi connectivity index (χ1) is 9.77. The molecule has 2 aliphatic rings. The average molecular weight is 278 g/mol. The Bertz CT molecular complexity index is 465. The first kappa shape index (κ1) is 13.7. The van der Waals surface area contributed by atoms with E-state index in [1.807, 2.05) is 13.0 Å². The molecule has 110 valence electrons. The zero-order chi connectivity index (χ0) is 14.0. The second kappa shape index (κ2) is 5.63. The van der Waals surface area contributed by atoms with Gasteiger partial charge in [0.2, 0.25) is 0 Å². The lowest BCUT2D eigenvalue weighted by Crippen LogP contribution is -2.38. The van der Waals surface area contributed by atoms with E-state index in [0.717, 1.165) is 24.4 Å². The number of hydrogen-bond acceptors (Lipinski definition) is 6. The van der Waals surface area contributed by atoms with Gasteiger partial charge in [-0.2, -0.15) is 0 Å². The highest BCUT2D eigenvalue weighted by Crippen LogP contribution is 2.41. The van der Waals surface area contributed by atoms with Crippen molar-refractivity contribution in [3.05, 3.63) is 17.6 Å². The molecule has 3 N–H and O–H groups in total. The summed E-state index contributed by atoms with van der Waals surface area (Å²) >= 11 is 0. The van der Waals surface area contributed by atoms with Crippen LogP contribution in [0.1, 0.15) is 50.0 Å². The SMILES string of the molecule is CCOC1(c2nc(NN)cc(C3CC3)n2)CCOCC1. The number of hydrogen-bond donors (Lipinski definition) is 2. The van der Waals surface area contributed by atoms with Gasteiger partial charge >= 0.3 is 0 Å². The van der Waals surface area contributed by atoms with Crippen molar-refractivity contribution < 1.29 is 9.47 Å². The molecule has 0 bridgehead atoms. The molecule has 1 saturated carbocycles. The van der Waals surface area contributed by atoms with Crippen LogP contribution in [-0.4, -0.2) is 29.8 Å². The molecular weight excluding hydrogens is 256 g/mol. The summed E-state index contributed by atoms with van der Waals surface area (Å²) in [7, 11) is 0. The molecule has 0 aromatic carbocycles. The molecular formula is C14H22N4O2. The third kappa shape index (κ3) is 2.63. The molecule has 1 aliphatic heterocycles. The minimum atomic E-state index is -0.427. The van der Waals surface area contributed by atoms with Crippen LogP contribution in [-0.2, 0) is 15.1 Å². The summed E-state index contributed by atoms with van der Waals surface area (Å²) in [5.41, 5.74) is 3.30. The molecule has 0 spiro atoms. The molecule has 1 aromatic heterocycles. The Morgan fingerprint density at radius 2 is 2.15 bits per heavy atom. The Morgan fingerprint density at radius 1 is 1.40 bits per heavy atom. The summed E-state index contributed by atoms with van der Waals surface area (Å²) in [6.45, 7) is 4.01. The van der Waals surface area contributed by atoms with Gasteiger partial charge in [0.15, 0.2) is 5.82 Å². The van der Waals surface area contributed by atoms with Gasteiger partial charge in [-0.1, -0.05) is 0 Å². The van der Waals surface area contributed by atoms with E-state index in [1.165, 1.54) is 12.8 Å². The van der Waals surface area contributed by atoms with E-state index >= 15 is 0 Å². The van der Waals surface area contributed by atoms with E-state index < -0.39 is 5.60 Å². The molecule has 2 heterocycles. The Balaban J connectivity index is 1.98. The molecule has 2 fully saturated rings. The van der Waals surface area contributed by atoms with Crippen molar-refractivity contribution in [1.82, 2.24) is 9.97 Å². The van der Waals surface area contributed by atoms with Crippen molar-refractivity contribution >= 4 is 5.82 Å². The number of rotatable bonds is 5. The van der Waals surface area contributed by atoms with Gasteiger partial charge < -0.3 is 14.9 Å². The fraction of sp³-hybridized carbons (Fsp3) is 0.714. The molecule has 1 aromatic rings. The summed E-state index contributed by atoms with van der Waals surface area (Å²) in [6, 6.07) is 1.94. The number of nitrogens with zero attached hydrogens (tertiary/aromatic N) is 2. The minimum absolute atomic E-state index is 0.427. The highest BCUT2D eigenvalue weighted by molar-refractivity contribution is 5.37. The van der Waals surface area contributed by atoms with Gasteiger partial charge in [-0.25, -0.2) is 15.8 Å². The van der Waals surface area contributed by atoms with E-state index in [9.17, 15) is 0 Å². The fourth-order valence-electron chi connectivity index (χ4n) is 2.74. The Kier molecular flexibility index (Phi) is 3.87. The predicted octanol–water partition coefficient (Wildman–Crippen LogP) is 1.68. The smallest absolute Gasteiger partial charge is 0.163 e. The minimum Gasteiger partial charge on any atom is -0.381 e. The molecule has 6 heteroatoms. The van der Waals surface area contributed by atoms with E-state index in [-0.39, 0.29) is 0 Å². The molecule has 1 aliphatic carbocycles. The molecule has 3 rings (SSSR count). The average Bonchev–Trinajstić information content (AvgIpc) is 3.33. The highest BCUT2D eigenvalue weighted by Gasteiger charge is 2.39. The second-order valence-corrected chi connectivity index (χ2v) is 5.46. The number of nitrogen functional groups attached to an aromatic ring is 1. The zero-order valence-corrected chi connectivity index (χ0v) is 11.9. The maximum Gasteiger partial charge on any atom is 0.163 e. The topological polar surface area (TPSA) is 82.3 Å². The maximum atomic E-state index is 6.04. The molecule has 0 radical (unpaired) electrons. The third-order valence-electron chi connectivity index (χ3n) is 4.02. The summed E-state index contributed by atoms with van der Waals surface area (Å²) in [5, 5.41) is 0. The third-order valence-corrected chi connectivity index (χ3v) is 4.02. The number of anilines is 1. The summed E-state index contributed by atoms with van der Waals surface area (Å²) in [5.74, 6) is 7.53. The van der Waals surface area contributed by atoms with Crippen molar-refractivity contribution in [1.29, 1.82) is 0 Å². The standard InChI is InChI=1S/C14H22N4O2/c1-2-20-14(5-7-19-8-6-14)13-16-11(10-3-4-10)9-12(17-13)18-15/h9-10H,2-8,15H2,1H3,(H,16,17,18). The van der Waals surface area contributed by atoms with Crippen LogP contribution in [0, 0.1) is 0 Å². The van der Waals surface area contributed by atoms with Crippen LogP contribution in [0.3, 0.4) is 0 Å². The van der Waals surface area contributed by atoms with Gasteiger partial charge in [-0.15, -0.1) is 0 Å². The van der Waals surface area contributed by atoms with Crippen LogP contribution in [0.15, 0.2) is 6.07 Å².